The SMILES string of the molecule is CC(=O)N1CCC(Nc2cc(C(=O)NC[C@H](O)CN3CCc4sc(C)c(C)c4C3)ccn2)CC1. The molecule has 0 saturated carbocycles. The summed E-state index contributed by atoms with van der Waals surface area (Å²) in [5, 5.41) is 16.8. The first-order valence-electron chi connectivity index (χ1n) is 12.0. The normalized spacial score (nSPS) is 17.8. The Morgan fingerprint density at radius 1 is 1.26 bits per heavy atom. The number of hydrogen-bond donors (Lipinski definition) is 3. The van der Waals surface area contributed by atoms with Crippen LogP contribution in [-0.4, -0.2) is 76.6 Å². The summed E-state index contributed by atoms with van der Waals surface area (Å²) in [5.74, 6) is 0.542. The summed E-state index contributed by atoms with van der Waals surface area (Å²) >= 11 is 1.89. The van der Waals surface area contributed by atoms with Crippen molar-refractivity contribution in [2.75, 3.05) is 38.0 Å². The number of carbonyl (C=O) groups is 2. The zero-order valence-electron chi connectivity index (χ0n) is 20.3. The van der Waals surface area contributed by atoms with Gasteiger partial charge in [0.05, 0.1) is 6.10 Å². The van der Waals surface area contributed by atoms with Crippen LogP contribution in [0.4, 0.5) is 5.82 Å². The molecule has 0 spiro atoms. The molecule has 1 saturated heterocycles. The molecule has 9 heteroatoms. The number of amides is 2. The molecule has 0 unspecified atom stereocenters. The summed E-state index contributed by atoms with van der Waals surface area (Å²) in [6.07, 6.45) is 3.72. The zero-order valence-corrected chi connectivity index (χ0v) is 21.1. The molecule has 2 amide bonds. The van der Waals surface area contributed by atoms with Crippen molar-refractivity contribution in [2.24, 2.45) is 0 Å². The molecule has 8 nitrogen and oxygen atoms in total. The number of β-amino-alcohol motifs (C(OH)–C–C–N with tert-alkyl or cyclic N) is 1. The highest BCUT2D eigenvalue weighted by Crippen LogP contribution is 2.32. The van der Waals surface area contributed by atoms with E-state index in [1.54, 1.807) is 25.3 Å². The average molecular weight is 486 g/mol. The Morgan fingerprint density at radius 2 is 2.03 bits per heavy atom. The Morgan fingerprint density at radius 3 is 2.76 bits per heavy atom. The summed E-state index contributed by atoms with van der Waals surface area (Å²) in [7, 11) is 0. The first-order valence-corrected chi connectivity index (χ1v) is 12.9. The number of pyridine rings is 1. The van der Waals surface area contributed by atoms with Crippen LogP contribution in [-0.2, 0) is 17.8 Å². The molecule has 3 N–H and O–H groups in total. The van der Waals surface area contributed by atoms with Crippen molar-refractivity contribution in [1.29, 1.82) is 0 Å². The monoisotopic (exact) mass is 485 g/mol. The quantitative estimate of drug-likeness (QED) is 0.557. The number of rotatable bonds is 7. The lowest BCUT2D eigenvalue weighted by atomic mass is 10.0. The Labute approximate surface area is 205 Å². The number of hydrogen-bond acceptors (Lipinski definition) is 7. The average Bonchev–Trinajstić information content (AvgIpc) is 3.11. The van der Waals surface area contributed by atoms with E-state index in [1.165, 1.54) is 20.9 Å². The van der Waals surface area contributed by atoms with Crippen LogP contribution in [0.15, 0.2) is 18.3 Å². The second-order valence-electron chi connectivity index (χ2n) is 9.39. The van der Waals surface area contributed by atoms with Crippen molar-refractivity contribution < 1.29 is 14.7 Å². The molecule has 4 heterocycles. The summed E-state index contributed by atoms with van der Waals surface area (Å²) in [5.41, 5.74) is 3.30. The van der Waals surface area contributed by atoms with E-state index in [9.17, 15) is 14.7 Å². The number of aromatic nitrogens is 1. The number of nitrogens with zero attached hydrogens (tertiary/aromatic N) is 3. The Bertz CT molecular complexity index is 1030. The number of likely N-dealkylation sites (tertiary alicyclic amines) is 1. The van der Waals surface area contributed by atoms with E-state index in [2.05, 4.69) is 34.4 Å². The van der Waals surface area contributed by atoms with Gasteiger partial charge in [-0.2, -0.15) is 0 Å². The molecule has 184 valence electrons. The van der Waals surface area contributed by atoms with Crippen molar-refractivity contribution in [3.05, 3.63) is 44.8 Å². The van der Waals surface area contributed by atoms with Crippen LogP contribution in [0.1, 0.15) is 51.0 Å². The van der Waals surface area contributed by atoms with Gasteiger partial charge in [0.2, 0.25) is 5.91 Å². The van der Waals surface area contributed by atoms with E-state index in [0.29, 0.717) is 17.9 Å². The Kier molecular flexibility index (Phi) is 7.85. The smallest absolute Gasteiger partial charge is 0.251 e. The maximum Gasteiger partial charge on any atom is 0.251 e. The summed E-state index contributed by atoms with van der Waals surface area (Å²) < 4.78 is 0. The van der Waals surface area contributed by atoms with E-state index < -0.39 is 6.10 Å². The first-order chi connectivity index (χ1) is 16.3. The first kappa shape index (κ1) is 24.6. The number of anilines is 1. The van der Waals surface area contributed by atoms with E-state index in [4.69, 9.17) is 0 Å². The lowest BCUT2D eigenvalue weighted by molar-refractivity contribution is -0.129. The number of carbonyl (C=O) groups excluding carboxylic acids is 2. The highest BCUT2D eigenvalue weighted by molar-refractivity contribution is 7.12. The van der Waals surface area contributed by atoms with Gasteiger partial charge >= 0.3 is 0 Å². The third-order valence-electron chi connectivity index (χ3n) is 6.91. The van der Waals surface area contributed by atoms with Crippen molar-refractivity contribution in [3.8, 4) is 0 Å². The second kappa shape index (κ2) is 10.8. The fourth-order valence-electron chi connectivity index (χ4n) is 4.75. The van der Waals surface area contributed by atoms with Crippen LogP contribution in [0, 0.1) is 13.8 Å². The number of piperidine rings is 1. The molecule has 0 bridgehead atoms. The lowest BCUT2D eigenvalue weighted by Crippen LogP contribution is -2.42. The molecule has 2 aromatic heterocycles. The maximum atomic E-state index is 12.7. The fourth-order valence-corrected chi connectivity index (χ4v) is 5.93. The van der Waals surface area contributed by atoms with Gasteiger partial charge in [-0.25, -0.2) is 4.98 Å². The van der Waals surface area contributed by atoms with Gasteiger partial charge in [-0.1, -0.05) is 0 Å². The van der Waals surface area contributed by atoms with Gasteiger partial charge in [-0.05, 0) is 56.4 Å². The third-order valence-corrected chi connectivity index (χ3v) is 8.22. The number of aryl methyl sites for hydroxylation is 1. The molecule has 1 atom stereocenters. The Hall–Kier alpha value is -2.49. The predicted octanol–water partition coefficient (Wildman–Crippen LogP) is 2.33. The van der Waals surface area contributed by atoms with Crippen molar-refractivity contribution in [1.82, 2.24) is 20.1 Å². The highest BCUT2D eigenvalue weighted by Gasteiger charge is 2.24. The minimum Gasteiger partial charge on any atom is -0.390 e. The third kappa shape index (κ3) is 5.95. The van der Waals surface area contributed by atoms with Gasteiger partial charge in [0.1, 0.15) is 5.82 Å². The van der Waals surface area contributed by atoms with E-state index in [-0.39, 0.29) is 24.4 Å². The molecule has 2 aromatic rings. The number of nitrogens with one attached hydrogen (secondary N) is 2. The summed E-state index contributed by atoms with van der Waals surface area (Å²) in [6.45, 7) is 9.95. The van der Waals surface area contributed by atoms with E-state index >= 15 is 0 Å². The molecule has 34 heavy (non-hydrogen) atoms. The standard InChI is InChI=1S/C25H35N5O3S/c1-16-17(2)34-23-7-9-29(15-22(16)23)14-21(32)13-27-25(33)19-4-8-26-24(12-19)28-20-5-10-30(11-6-20)18(3)31/h4,8,12,20-21,32H,5-7,9-11,13-15H2,1-3H3,(H,26,28)(H,27,33)/t21-/m0/s1. The number of fused-ring (bicyclic) bond motifs is 1. The summed E-state index contributed by atoms with van der Waals surface area (Å²) in [4.78, 5) is 35.5. The summed E-state index contributed by atoms with van der Waals surface area (Å²) in [6, 6.07) is 3.65. The number of aliphatic hydroxyl groups excluding tert-OH is 1. The molecule has 4 rings (SSSR count). The zero-order chi connectivity index (χ0) is 24.2. The largest absolute Gasteiger partial charge is 0.390 e. The van der Waals surface area contributed by atoms with Gasteiger partial charge in [-0.3, -0.25) is 14.5 Å². The van der Waals surface area contributed by atoms with Crippen molar-refractivity contribution in [2.45, 2.75) is 58.7 Å². The topological polar surface area (TPSA) is 97.8 Å². The molecular weight excluding hydrogens is 450 g/mol. The maximum absolute atomic E-state index is 12.7. The predicted molar refractivity (Wildman–Crippen MR) is 134 cm³/mol. The molecule has 2 aliphatic heterocycles. The van der Waals surface area contributed by atoms with Gasteiger partial charge in [0.25, 0.3) is 5.91 Å². The molecule has 0 aliphatic carbocycles. The lowest BCUT2D eigenvalue weighted by Gasteiger charge is -2.32. The minimum absolute atomic E-state index is 0.110. The van der Waals surface area contributed by atoms with Gasteiger partial charge in [0, 0.05) is 73.7 Å². The van der Waals surface area contributed by atoms with Crippen LogP contribution < -0.4 is 10.6 Å². The molecule has 1 fully saturated rings. The van der Waals surface area contributed by atoms with E-state index in [0.717, 1.165) is 45.4 Å². The van der Waals surface area contributed by atoms with Crippen LogP contribution in [0.5, 0.6) is 0 Å². The highest BCUT2D eigenvalue weighted by atomic mass is 32.1. The fraction of sp³-hybridized carbons (Fsp3) is 0.560. The van der Waals surface area contributed by atoms with Crippen molar-refractivity contribution in [3.63, 3.8) is 0 Å². The van der Waals surface area contributed by atoms with Crippen LogP contribution in [0.3, 0.4) is 0 Å². The van der Waals surface area contributed by atoms with Crippen LogP contribution in [0.2, 0.25) is 0 Å². The molecule has 0 radical (unpaired) electrons. The Balaban J connectivity index is 1.24. The van der Waals surface area contributed by atoms with Crippen LogP contribution >= 0.6 is 11.3 Å². The van der Waals surface area contributed by atoms with Crippen molar-refractivity contribution >= 4 is 29.0 Å². The molecule has 2 aliphatic rings. The minimum atomic E-state index is -0.628. The van der Waals surface area contributed by atoms with Gasteiger partial charge < -0.3 is 20.6 Å². The van der Waals surface area contributed by atoms with Crippen LogP contribution in [0.25, 0.3) is 0 Å². The van der Waals surface area contributed by atoms with Gasteiger partial charge in [-0.15, -0.1) is 11.3 Å². The molecular formula is C25H35N5O3S. The van der Waals surface area contributed by atoms with E-state index in [1.807, 2.05) is 16.2 Å². The molecule has 0 aromatic carbocycles. The second-order valence-corrected chi connectivity index (χ2v) is 10.7. The number of aliphatic hydroxyl groups is 1. The van der Waals surface area contributed by atoms with Gasteiger partial charge in [0.15, 0.2) is 0 Å². The number of thiophene rings is 1.